The number of likely N-dealkylation sites (tertiary alicyclic amines) is 1. The number of halogens is 1. The number of piperidine rings is 1. The van der Waals surface area contributed by atoms with Crippen molar-refractivity contribution >= 4 is 46.7 Å². The number of aromatic nitrogens is 1. The summed E-state index contributed by atoms with van der Waals surface area (Å²) in [4.78, 5) is 43.3. The van der Waals surface area contributed by atoms with E-state index in [0.29, 0.717) is 59.3 Å². The van der Waals surface area contributed by atoms with Crippen molar-refractivity contribution in [2.24, 2.45) is 11.7 Å². The molecule has 4 rings (SSSR count). The molecule has 1 fully saturated rings. The summed E-state index contributed by atoms with van der Waals surface area (Å²) in [6.07, 6.45) is 8.14. The second-order valence-electron chi connectivity index (χ2n) is 8.76. The van der Waals surface area contributed by atoms with Gasteiger partial charge in [-0.25, -0.2) is 4.98 Å². The largest absolute Gasteiger partial charge is 0.369 e. The van der Waals surface area contributed by atoms with E-state index in [9.17, 15) is 14.4 Å². The van der Waals surface area contributed by atoms with Crippen molar-refractivity contribution in [1.82, 2.24) is 9.88 Å². The number of benzene rings is 2. The average molecular weight is 529 g/mol. The Labute approximate surface area is 224 Å². The number of carbonyl (C=O) groups is 3. The molecule has 2 heterocycles. The highest BCUT2D eigenvalue weighted by Gasteiger charge is 2.25. The van der Waals surface area contributed by atoms with Crippen LogP contribution in [0.2, 0.25) is 5.02 Å². The Morgan fingerprint density at radius 2 is 1.68 bits per heavy atom. The Morgan fingerprint density at radius 1 is 1.00 bits per heavy atom. The van der Waals surface area contributed by atoms with Gasteiger partial charge in [0.05, 0.1) is 16.3 Å². The second kappa shape index (κ2) is 11.6. The molecule has 0 atom stereocenters. The van der Waals surface area contributed by atoms with Crippen LogP contribution >= 0.6 is 11.6 Å². The molecule has 0 saturated carbocycles. The van der Waals surface area contributed by atoms with E-state index in [1.807, 2.05) is 4.90 Å². The van der Waals surface area contributed by atoms with Gasteiger partial charge in [0.1, 0.15) is 11.7 Å². The number of hydrogen-bond donors (Lipinski definition) is 4. The smallest absolute Gasteiger partial charge is 0.258 e. The molecular formula is C28H25ClN6O3. The molecule has 1 aliphatic rings. The molecule has 0 unspecified atom stereocenters. The maximum atomic E-state index is 13.0. The summed E-state index contributed by atoms with van der Waals surface area (Å²) in [5, 5.41) is 14.4. The monoisotopic (exact) mass is 528 g/mol. The van der Waals surface area contributed by atoms with E-state index in [0.717, 1.165) is 0 Å². The van der Waals surface area contributed by atoms with Crippen molar-refractivity contribution < 1.29 is 14.4 Å². The minimum atomic E-state index is -0.504. The summed E-state index contributed by atoms with van der Waals surface area (Å²) < 4.78 is 0. The van der Waals surface area contributed by atoms with Crippen LogP contribution in [0.1, 0.15) is 44.7 Å². The van der Waals surface area contributed by atoms with Crippen LogP contribution in [-0.4, -0.2) is 46.5 Å². The molecule has 5 N–H and O–H groups in total. The van der Waals surface area contributed by atoms with Gasteiger partial charge in [0.15, 0.2) is 0 Å². The fraction of sp³-hybridized carbons (Fsp3) is 0.179. The lowest BCUT2D eigenvalue weighted by Gasteiger charge is -2.32. The zero-order valence-electron chi connectivity index (χ0n) is 20.3. The molecule has 1 aliphatic heterocycles. The SMILES string of the molecule is C#Cc1ccc(NC(=O)c2ccc(C(=N)N3CCC(C(N)=O)CC3)cc2)c(C(=O)Nc2ccc(Cl)cn2)c1. The predicted octanol–water partition coefficient (Wildman–Crippen LogP) is 3.74. The van der Waals surface area contributed by atoms with Gasteiger partial charge in [0.25, 0.3) is 11.8 Å². The molecule has 10 heteroatoms. The van der Waals surface area contributed by atoms with E-state index >= 15 is 0 Å². The summed E-state index contributed by atoms with van der Waals surface area (Å²) in [5.74, 6) is 1.70. The van der Waals surface area contributed by atoms with Gasteiger partial charge < -0.3 is 21.3 Å². The van der Waals surface area contributed by atoms with Gasteiger partial charge >= 0.3 is 0 Å². The number of terminal acetylenes is 1. The highest BCUT2D eigenvalue weighted by atomic mass is 35.5. The highest BCUT2D eigenvalue weighted by Crippen LogP contribution is 2.22. The number of pyridine rings is 1. The molecule has 192 valence electrons. The lowest BCUT2D eigenvalue weighted by atomic mass is 9.95. The van der Waals surface area contributed by atoms with Crippen molar-refractivity contribution in [2.45, 2.75) is 12.8 Å². The van der Waals surface area contributed by atoms with E-state index in [4.69, 9.17) is 29.2 Å². The topological polar surface area (TPSA) is 141 Å². The van der Waals surface area contributed by atoms with Crippen molar-refractivity contribution in [3.05, 3.63) is 88.1 Å². The molecule has 0 bridgehead atoms. The molecule has 3 amide bonds. The normalized spacial score (nSPS) is 13.3. The van der Waals surface area contributed by atoms with Crippen molar-refractivity contribution in [1.29, 1.82) is 5.41 Å². The lowest BCUT2D eigenvalue weighted by Crippen LogP contribution is -2.41. The summed E-state index contributed by atoms with van der Waals surface area (Å²) in [6.45, 7) is 1.14. The van der Waals surface area contributed by atoms with E-state index in [1.54, 1.807) is 48.5 Å². The number of hydrogen-bond acceptors (Lipinski definition) is 5. The van der Waals surface area contributed by atoms with E-state index in [1.165, 1.54) is 12.3 Å². The Kier molecular flexibility index (Phi) is 8.04. The minimum absolute atomic E-state index is 0.158. The number of carbonyl (C=O) groups excluding carboxylic acids is 3. The van der Waals surface area contributed by atoms with Gasteiger partial charge in [-0.1, -0.05) is 29.7 Å². The summed E-state index contributed by atoms with van der Waals surface area (Å²) in [6, 6.07) is 14.5. The van der Waals surface area contributed by atoms with Crippen molar-refractivity contribution in [3.63, 3.8) is 0 Å². The third-order valence-corrected chi connectivity index (χ3v) is 6.51. The standard InChI is InChI=1S/C28H25ClN6O3/c1-2-17-3-9-23(22(15-17)28(38)34-24-10-8-21(29)16-32-24)33-27(37)20-6-4-18(5-7-20)25(30)35-13-11-19(12-14-35)26(31)36/h1,3-10,15-16,19,30H,11-14H2,(H2,31,36)(H,33,37)(H,32,34,38). The molecule has 0 radical (unpaired) electrons. The summed E-state index contributed by atoms with van der Waals surface area (Å²) in [5.41, 5.74) is 7.30. The quantitative estimate of drug-likeness (QED) is 0.219. The van der Waals surface area contributed by atoms with Crippen molar-refractivity contribution in [2.75, 3.05) is 23.7 Å². The Morgan fingerprint density at radius 3 is 2.29 bits per heavy atom. The second-order valence-corrected chi connectivity index (χ2v) is 9.20. The first-order valence-corrected chi connectivity index (χ1v) is 12.2. The van der Waals surface area contributed by atoms with Crippen LogP contribution in [0, 0.1) is 23.7 Å². The first-order valence-electron chi connectivity index (χ1n) is 11.8. The first-order chi connectivity index (χ1) is 18.2. The van der Waals surface area contributed by atoms with Gasteiger partial charge in [0.2, 0.25) is 5.91 Å². The zero-order valence-corrected chi connectivity index (χ0v) is 21.1. The van der Waals surface area contributed by atoms with Gasteiger partial charge in [0, 0.05) is 41.9 Å². The van der Waals surface area contributed by atoms with Crippen LogP contribution in [0.15, 0.2) is 60.8 Å². The minimum Gasteiger partial charge on any atom is -0.369 e. The van der Waals surface area contributed by atoms with Gasteiger partial charge in [-0.3, -0.25) is 19.8 Å². The number of anilines is 2. The molecular weight excluding hydrogens is 504 g/mol. The van der Waals surface area contributed by atoms with Crippen LogP contribution in [0.25, 0.3) is 0 Å². The number of nitrogens with two attached hydrogens (primary N) is 1. The molecule has 0 aliphatic carbocycles. The number of rotatable bonds is 6. The molecule has 1 aromatic heterocycles. The summed E-state index contributed by atoms with van der Waals surface area (Å²) >= 11 is 5.85. The Hall–Kier alpha value is -4.68. The number of amides is 3. The fourth-order valence-corrected chi connectivity index (χ4v) is 4.22. The van der Waals surface area contributed by atoms with E-state index in [-0.39, 0.29) is 23.1 Å². The number of nitrogens with one attached hydrogen (secondary N) is 3. The number of amidine groups is 1. The van der Waals surface area contributed by atoms with Crippen LogP contribution in [0.4, 0.5) is 11.5 Å². The van der Waals surface area contributed by atoms with Crippen LogP contribution in [0.5, 0.6) is 0 Å². The van der Waals surface area contributed by atoms with Crippen LogP contribution in [0.3, 0.4) is 0 Å². The fourth-order valence-electron chi connectivity index (χ4n) is 4.11. The number of nitrogens with zero attached hydrogens (tertiary/aromatic N) is 2. The highest BCUT2D eigenvalue weighted by molar-refractivity contribution is 6.30. The molecule has 9 nitrogen and oxygen atoms in total. The molecule has 3 aromatic rings. The van der Waals surface area contributed by atoms with Gasteiger partial charge in [-0.05, 0) is 55.3 Å². The molecule has 2 aromatic carbocycles. The Bertz CT molecular complexity index is 1420. The maximum absolute atomic E-state index is 13.0. The van der Waals surface area contributed by atoms with Crippen LogP contribution < -0.4 is 16.4 Å². The van der Waals surface area contributed by atoms with Gasteiger partial charge in [-0.15, -0.1) is 6.42 Å². The first kappa shape index (κ1) is 26.4. The Balaban J connectivity index is 1.46. The summed E-state index contributed by atoms with van der Waals surface area (Å²) in [7, 11) is 0. The third-order valence-electron chi connectivity index (χ3n) is 6.28. The maximum Gasteiger partial charge on any atom is 0.258 e. The van der Waals surface area contributed by atoms with Gasteiger partial charge in [-0.2, -0.15) is 0 Å². The average Bonchev–Trinajstić information content (AvgIpc) is 2.94. The number of primary amides is 1. The zero-order chi connectivity index (χ0) is 27.2. The van der Waals surface area contributed by atoms with E-state index in [2.05, 4.69) is 21.5 Å². The van der Waals surface area contributed by atoms with E-state index < -0.39 is 11.8 Å². The van der Waals surface area contributed by atoms with Crippen LogP contribution in [-0.2, 0) is 4.79 Å². The predicted molar refractivity (Wildman–Crippen MR) is 146 cm³/mol. The third kappa shape index (κ3) is 6.17. The van der Waals surface area contributed by atoms with Crippen molar-refractivity contribution in [3.8, 4) is 12.3 Å². The molecule has 0 spiro atoms. The lowest BCUT2D eigenvalue weighted by molar-refractivity contribution is -0.122. The molecule has 1 saturated heterocycles. The molecule has 38 heavy (non-hydrogen) atoms.